The molecule has 1 heterocycles. The molecular formula is C16H17F3N2O. The fourth-order valence-corrected chi connectivity index (χ4v) is 2.09. The normalized spacial score (nSPS) is 11.7. The molecule has 0 aliphatic heterocycles. The molecule has 118 valence electrons. The van der Waals surface area contributed by atoms with Crippen molar-refractivity contribution in [1.82, 2.24) is 9.78 Å². The van der Waals surface area contributed by atoms with E-state index in [-0.39, 0.29) is 5.75 Å². The Bertz CT molecular complexity index is 660. The van der Waals surface area contributed by atoms with Crippen LogP contribution in [0.2, 0.25) is 0 Å². The van der Waals surface area contributed by atoms with Gasteiger partial charge in [0.05, 0.1) is 6.20 Å². The first-order chi connectivity index (χ1) is 10.3. The van der Waals surface area contributed by atoms with E-state index in [1.807, 2.05) is 13.8 Å². The van der Waals surface area contributed by atoms with Crippen LogP contribution in [0.4, 0.5) is 13.2 Å². The Labute approximate surface area is 127 Å². The first-order valence-electron chi connectivity index (χ1n) is 6.83. The largest absolute Gasteiger partial charge is 0.573 e. The number of ether oxygens (including phenoxy) is 1. The molecule has 1 aromatic heterocycles. The molecule has 0 aliphatic carbocycles. The average molecular weight is 310 g/mol. The van der Waals surface area contributed by atoms with Crippen molar-refractivity contribution < 1.29 is 17.9 Å². The number of alkyl halides is 3. The van der Waals surface area contributed by atoms with Gasteiger partial charge in [-0.15, -0.1) is 13.2 Å². The Kier molecular flexibility index (Phi) is 4.59. The Morgan fingerprint density at radius 3 is 2.68 bits per heavy atom. The molecule has 3 nitrogen and oxygen atoms in total. The lowest BCUT2D eigenvalue weighted by Gasteiger charge is -2.13. The van der Waals surface area contributed by atoms with Crippen LogP contribution >= 0.6 is 0 Å². The van der Waals surface area contributed by atoms with E-state index in [0.717, 1.165) is 0 Å². The van der Waals surface area contributed by atoms with Gasteiger partial charge in [-0.1, -0.05) is 32.6 Å². The molecule has 0 saturated heterocycles. The summed E-state index contributed by atoms with van der Waals surface area (Å²) < 4.78 is 43.4. The van der Waals surface area contributed by atoms with E-state index in [9.17, 15) is 13.2 Å². The van der Waals surface area contributed by atoms with Crippen LogP contribution in [0.3, 0.4) is 0 Å². The molecule has 2 aromatic rings. The number of halogens is 3. The smallest absolute Gasteiger partial charge is 0.405 e. The van der Waals surface area contributed by atoms with Crippen LogP contribution in [0.5, 0.6) is 5.75 Å². The minimum atomic E-state index is -4.74. The van der Waals surface area contributed by atoms with Crippen LogP contribution in [-0.2, 0) is 6.54 Å². The van der Waals surface area contributed by atoms with E-state index in [4.69, 9.17) is 0 Å². The molecule has 0 aliphatic rings. The molecule has 0 radical (unpaired) electrons. The molecule has 6 heteroatoms. The van der Waals surface area contributed by atoms with E-state index < -0.39 is 6.36 Å². The predicted octanol–water partition coefficient (Wildman–Crippen LogP) is 4.75. The average Bonchev–Trinajstić information content (AvgIpc) is 2.85. The van der Waals surface area contributed by atoms with Crippen LogP contribution < -0.4 is 4.74 Å². The maximum absolute atomic E-state index is 12.5. The quantitative estimate of drug-likeness (QED) is 0.797. The number of aromatic nitrogens is 2. The van der Waals surface area contributed by atoms with E-state index in [1.165, 1.54) is 18.3 Å². The summed E-state index contributed by atoms with van der Waals surface area (Å²) in [7, 11) is 0. The molecule has 0 bridgehead atoms. The summed E-state index contributed by atoms with van der Waals surface area (Å²) in [6, 6.07) is 4.42. The van der Waals surface area contributed by atoms with Gasteiger partial charge in [-0.25, -0.2) is 0 Å². The Hall–Kier alpha value is -2.24. The van der Waals surface area contributed by atoms with Crippen molar-refractivity contribution in [3.05, 3.63) is 42.7 Å². The highest BCUT2D eigenvalue weighted by atomic mass is 19.4. The van der Waals surface area contributed by atoms with E-state index in [1.54, 1.807) is 23.0 Å². The SMILES string of the molecule is C=Cc1ccc(OC(F)(F)F)c(-c2cnn(CC(C)C)c2)c1. The predicted molar refractivity (Wildman–Crippen MR) is 79.3 cm³/mol. The number of hydrogen-bond donors (Lipinski definition) is 0. The summed E-state index contributed by atoms with van der Waals surface area (Å²) in [4.78, 5) is 0. The van der Waals surface area contributed by atoms with Crippen LogP contribution in [0.15, 0.2) is 37.2 Å². The zero-order valence-electron chi connectivity index (χ0n) is 12.4. The van der Waals surface area contributed by atoms with Gasteiger partial charge in [-0.3, -0.25) is 4.68 Å². The Morgan fingerprint density at radius 1 is 1.36 bits per heavy atom. The molecule has 0 amide bonds. The first kappa shape index (κ1) is 16.1. The van der Waals surface area contributed by atoms with Gasteiger partial charge in [-0.05, 0) is 23.6 Å². The zero-order valence-corrected chi connectivity index (χ0v) is 12.4. The number of hydrogen-bond acceptors (Lipinski definition) is 2. The minimum Gasteiger partial charge on any atom is -0.405 e. The topological polar surface area (TPSA) is 27.1 Å². The third-order valence-electron chi connectivity index (χ3n) is 2.96. The Balaban J connectivity index is 2.42. The van der Waals surface area contributed by atoms with Crippen LogP contribution in [0.25, 0.3) is 17.2 Å². The minimum absolute atomic E-state index is 0.248. The monoisotopic (exact) mass is 310 g/mol. The lowest BCUT2D eigenvalue weighted by atomic mass is 10.0. The first-order valence-corrected chi connectivity index (χ1v) is 6.83. The standard InChI is InChI=1S/C16H17F3N2O/c1-4-12-5-6-15(22-16(17,18)19)14(7-12)13-8-20-21(10-13)9-11(2)3/h4-8,10-11H,1,9H2,2-3H3. The Morgan fingerprint density at radius 2 is 2.09 bits per heavy atom. The van der Waals surface area contributed by atoms with Gasteiger partial charge < -0.3 is 4.74 Å². The molecule has 0 spiro atoms. The van der Waals surface area contributed by atoms with Crippen LogP contribution in [-0.4, -0.2) is 16.1 Å². The second-order valence-electron chi connectivity index (χ2n) is 5.35. The zero-order chi connectivity index (χ0) is 16.3. The molecule has 0 saturated carbocycles. The highest BCUT2D eigenvalue weighted by Gasteiger charge is 2.32. The second-order valence-corrected chi connectivity index (χ2v) is 5.35. The van der Waals surface area contributed by atoms with E-state index in [0.29, 0.717) is 29.2 Å². The lowest BCUT2D eigenvalue weighted by Crippen LogP contribution is -2.17. The van der Waals surface area contributed by atoms with Crippen molar-refractivity contribution in [2.24, 2.45) is 5.92 Å². The fourth-order valence-electron chi connectivity index (χ4n) is 2.09. The maximum atomic E-state index is 12.5. The summed E-state index contributed by atoms with van der Waals surface area (Å²) in [5, 5.41) is 4.18. The van der Waals surface area contributed by atoms with Crippen molar-refractivity contribution in [2.75, 3.05) is 0 Å². The molecule has 0 unspecified atom stereocenters. The van der Waals surface area contributed by atoms with Crippen molar-refractivity contribution in [2.45, 2.75) is 26.8 Å². The highest BCUT2D eigenvalue weighted by Crippen LogP contribution is 2.34. The number of rotatable bonds is 5. The number of nitrogens with zero attached hydrogens (tertiary/aromatic N) is 2. The second kappa shape index (κ2) is 6.25. The summed E-state index contributed by atoms with van der Waals surface area (Å²) in [6.45, 7) is 8.40. The molecule has 22 heavy (non-hydrogen) atoms. The van der Waals surface area contributed by atoms with Crippen molar-refractivity contribution in [3.63, 3.8) is 0 Å². The van der Waals surface area contributed by atoms with Crippen molar-refractivity contribution in [3.8, 4) is 16.9 Å². The molecule has 2 rings (SSSR count). The van der Waals surface area contributed by atoms with Gasteiger partial charge in [-0.2, -0.15) is 5.10 Å². The lowest BCUT2D eigenvalue weighted by molar-refractivity contribution is -0.274. The molecule has 0 N–H and O–H groups in total. The van der Waals surface area contributed by atoms with E-state index in [2.05, 4.69) is 16.4 Å². The third kappa shape index (κ3) is 4.13. The number of benzene rings is 1. The molecule has 0 atom stereocenters. The summed E-state index contributed by atoms with van der Waals surface area (Å²) >= 11 is 0. The van der Waals surface area contributed by atoms with E-state index >= 15 is 0 Å². The molecule has 0 fully saturated rings. The van der Waals surface area contributed by atoms with Gasteiger partial charge in [0.25, 0.3) is 0 Å². The van der Waals surface area contributed by atoms with Gasteiger partial charge in [0, 0.05) is 23.9 Å². The highest BCUT2D eigenvalue weighted by molar-refractivity contribution is 5.72. The van der Waals surface area contributed by atoms with Crippen LogP contribution in [0.1, 0.15) is 19.4 Å². The third-order valence-corrected chi connectivity index (χ3v) is 2.96. The van der Waals surface area contributed by atoms with Gasteiger partial charge in [0.1, 0.15) is 5.75 Å². The fraction of sp³-hybridized carbons (Fsp3) is 0.312. The van der Waals surface area contributed by atoms with Crippen molar-refractivity contribution >= 4 is 6.08 Å². The van der Waals surface area contributed by atoms with Crippen molar-refractivity contribution in [1.29, 1.82) is 0 Å². The van der Waals surface area contributed by atoms with Gasteiger partial charge >= 0.3 is 6.36 Å². The van der Waals surface area contributed by atoms with Crippen LogP contribution in [0, 0.1) is 5.92 Å². The summed E-state index contributed by atoms with van der Waals surface area (Å²) in [5.74, 6) is 0.139. The molecule has 1 aromatic carbocycles. The summed E-state index contributed by atoms with van der Waals surface area (Å²) in [6.07, 6.45) is 0.0804. The molecular weight excluding hydrogens is 293 g/mol. The maximum Gasteiger partial charge on any atom is 0.573 e. The van der Waals surface area contributed by atoms with Gasteiger partial charge in [0.15, 0.2) is 0 Å². The van der Waals surface area contributed by atoms with Gasteiger partial charge in [0.2, 0.25) is 0 Å². The summed E-state index contributed by atoms with van der Waals surface area (Å²) in [5.41, 5.74) is 1.62.